The highest BCUT2D eigenvalue weighted by Gasteiger charge is 2.19. The first-order valence-corrected chi connectivity index (χ1v) is 5.81. The molecule has 0 bridgehead atoms. The third kappa shape index (κ3) is 3.32. The molecule has 0 fully saturated rings. The van der Waals surface area contributed by atoms with E-state index in [9.17, 15) is 5.11 Å². The van der Waals surface area contributed by atoms with Crippen LogP contribution in [0.15, 0.2) is 6.07 Å². The number of likely N-dealkylation sites (N-methyl/N-ethyl adjacent to an activating group) is 1. The standard InChI is InChI=1S/C12H23N3O/c1-10-8-11(2)15(14-10)7-5-6-12(3,9-16)13-4/h8,13,16H,5-7,9H2,1-4H3. The summed E-state index contributed by atoms with van der Waals surface area (Å²) < 4.78 is 2.03. The molecule has 0 radical (unpaired) electrons. The summed E-state index contributed by atoms with van der Waals surface area (Å²) in [6.45, 7) is 7.20. The minimum atomic E-state index is -0.171. The van der Waals surface area contributed by atoms with Crippen LogP contribution >= 0.6 is 0 Å². The van der Waals surface area contributed by atoms with E-state index in [0.29, 0.717) is 0 Å². The Bertz CT molecular complexity index is 329. The van der Waals surface area contributed by atoms with E-state index < -0.39 is 0 Å². The van der Waals surface area contributed by atoms with Gasteiger partial charge in [-0.3, -0.25) is 4.68 Å². The van der Waals surface area contributed by atoms with Crippen LogP contribution in [0.5, 0.6) is 0 Å². The van der Waals surface area contributed by atoms with E-state index in [1.807, 2.05) is 25.6 Å². The maximum Gasteiger partial charge on any atom is 0.0610 e. The molecule has 1 atom stereocenters. The first-order valence-electron chi connectivity index (χ1n) is 5.81. The lowest BCUT2D eigenvalue weighted by molar-refractivity contribution is 0.169. The number of nitrogens with zero attached hydrogens (tertiary/aromatic N) is 2. The van der Waals surface area contributed by atoms with Crippen molar-refractivity contribution >= 4 is 0 Å². The van der Waals surface area contributed by atoms with Crippen molar-refractivity contribution in [3.05, 3.63) is 17.5 Å². The van der Waals surface area contributed by atoms with Crippen molar-refractivity contribution < 1.29 is 5.11 Å². The number of rotatable bonds is 6. The molecule has 0 spiro atoms. The maximum atomic E-state index is 9.26. The van der Waals surface area contributed by atoms with Crippen molar-refractivity contribution in [3.8, 4) is 0 Å². The van der Waals surface area contributed by atoms with Crippen LogP contribution in [-0.4, -0.2) is 34.1 Å². The maximum absolute atomic E-state index is 9.26. The first kappa shape index (κ1) is 13.2. The molecule has 1 aromatic heterocycles. The van der Waals surface area contributed by atoms with E-state index in [4.69, 9.17) is 0 Å². The lowest BCUT2D eigenvalue weighted by Crippen LogP contribution is -2.43. The van der Waals surface area contributed by atoms with Gasteiger partial charge < -0.3 is 10.4 Å². The second kappa shape index (κ2) is 5.46. The zero-order chi connectivity index (χ0) is 12.2. The summed E-state index contributed by atoms with van der Waals surface area (Å²) in [4.78, 5) is 0. The molecule has 1 aromatic rings. The monoisotopic (exact) mass is 225 g/mol. The van der Waals surface area contributed by atoms with E-state index in [2.05, 4.69) is 23.4 Å². The SMILES string of the molecule is CNC(C)(CO)CCCn1nc(C)cc1C. The molecule has 2 N–H and O–H groups in total. The quantitative estimate of drug-likeness (QED) is 0.766. The molecule has 1 unspecified atom stereocenters. The Labute approximate surface area is 97.7 Å². The molecule has 0 aliphatic heterocycles. The van der Waals surface area contributed by atoms with Crippen LogP contribution < -0.4 is 5.32 Å². The largest absolute Gasteiger partial charge is 0.394 e. The van der Waals surface area contributed by atoms with Gasteiger partial charge in [0.15, 0.2) is 0 Å². The van der Waals surface area contributed by atoms with Gasteiger partial charge >= 0.3 is 0 Å². The summed E-state index contributed by atoms with van der Waals surface area (Å²) in [5.41, 5.74) is 2.10. The second-order valence-corrected chi connectivity index (χ2v) is 4.72. The third-order valence-electron chi connectivity index (χ3n) is 3.15. The predicted octanol–water partition coefficient (Wildman–Crippen LogP) is 1.25. The lowest BCUT2D eigenvalue weighted by Gasteiger charge is -2.26. The smallest absolute Gasteiger partial charge is 0.0610 e. The van der Waals surface area contributed by atoms with Crippen LogP contribution in [0.1, 0.15) is 31.2 Å². The molecule has 0 aliphatic carbocycles. The Hall–Kier alpha value is -0.870. The molecule has 0 amide bonds. The van der Waals surface area contributed by atoms with Crippen LogP contribution in [0.4, 0.5) is 0 Å². The van der Waals surface area contributed by atoms with Gasteiger partial charge in [0, 0.05) is 17.8 Å². The van der Waals surface area contributed by atoms with Gasteiger partial charge in [-0.2, -0.15) is 5.10 Å². The van der Waals surface area contributed by atoms with E-state index in [1.54, 1.807) is 0 Å². The summed E-state index contributed by atoms with van der Waals surface area (Å²) in [6, 6.07) is 2.09. The Morgan fingerprint density at radius 3 is 2.62 bits per heavy atom. The summed E-state index contributed by atoms with van der Waals surface area (Å²) in [7, 11) is 1.89. The van der Waals surface area contributed by atoms with Crippen LogP contribution in [0.25, 0.3) is 0 Å². The van der Waals surface area contributed by atoms with Gasteiger partial charge in [-0.15, -0.1) is 0 Å². The van der Waals surface area contributed by atoms with Crippen LogP contribution in [0.2, 0.25) is 0 Å². The minimum absolute atomic E-state index is 0.167. The number of aliphatic hydroxyl groups is 1. The molecule has 0 aromatic carbocycles. The first-order chi connectivity index (χ1) is 7.50. The van der Waals surface area contributed by atoms with Crippen molar-refractivity contribution in [2.24, 2.45) is 0 Å². The third-order valence-corrected chi connectivity index (χ3v) is 3.15. The summed E-state index contributed by atoms with van der Waals surface area (Å²) >= 11 is 0. The molecule has 0 saturated heterocycles. The summed E-state index contributed by atoms with van der Waals surface area (Å²) in [5, 5.41) is 16.8. The number of hydrogen-bond donors (Lipinski definition) is 2. The Balaban J connectivity index is 2.44. The molecular formula is C12H23N3O. The fourth-order valence-electron chi connectivity index (χ4n) is 1.80. The van der Waals surface area contributed by atoms with Crippen molar-refractivity contribution in [1.29, 1.82) is 0 Å². The highest BCUT2D eigenvalue weighted by atomic mass is 16.3. The fraction of sp³-hybridized carbons (Fsp3) is 0.750. The average molecular weight is 225 g/mol. The molecule has 92 valence electrons. The number of aromatic nitrogens is 2. The van der Waals surface area contributed by atoms with Crippen molar-refractivity contribution in [3.63, 3.8) is 0 Å². The number of nitrogens with one attached hydrogen (secondary N) is 1. The van der Waals surface area contributed by atoms with Crippen molar-refractivity contribution in [2.45, 2.75) is 45.7 Å². The number of aryl methyl sites for hydroxylation is 3. The van der Waals surface area contributed by atoms with E-state index in [0.717, 1.165) is 25.1 Å². The molecular weight excluding hydrogens is 202 g/mol. The van der Waals surface area contributed by atoms with E-state index >= 15 is 0 Å². The van der Waals surface area contributed by atoms with Gasteiger partial charge in [0.05, 0.1) is 12.3 Å². The molecule has 4 heteroatoms. The van der Waals surface area contributed by atoms with Crippen LogP contribution in [0.3, 0.4) is 0 Å². The summed E-state index contributed by atoms with van der Waals surface area (Å²) in [6.07, 6.45) is 1.96. The molecule has 1 heterocycles. The van der Waals surface area contributed by atoms with Crippen LogP contribution in [-0.2, 0) is 6.54 Å². The lowest BCUT2D eigenvalue weighted by atomic mass is 9.97. The molecule has 4 nitrogen and oxygen atoms in total. The van der Waals surface area contributed by atoms with Gasteiger partial charge in [-0.1, -0.05) is 0 Å². The highest BCUT2D eigenvalue weighted by molar-refractivity contribution is 5.06. The van der Waals surface area contributed by atoms with Gasteiger partial charge in [0.25, 0.3) is 0 Å². The molecule has 16 heavy (non-hydrogen) atoms. The average Bonchev–Trinajstić information content (AvgIpc) is 2.57. The van der Waals surface area contributed by atoms with Crippen molar-refractivity contribution in [2.75, 3.05) is 13.7 Å². The van der Waals surface area contributed by atoms with E-state index in [-0.39, 0.29) is 12.1 Å². The van der Waals surface area contributed by atoms with Gasteiger partial charge in [-0.25, -0.2) is 0 Å². The zero-order valence-corrected chi connectivity index (χ0v) is 10.7. The topological polar surface area (TPSA) is 50.1 Å². The molecule has 0 aliphatic rings. The van der Waals surface area contributed by atoms with Gasteiger partial charge in [0.2, 0.25) is 0 Å². The fourth-order valence-corrected chi connectivity index (χ4v) is 1.80. The second-order valence-electron chi connectivity index (χ2n) is 4.72. The summed E-state index contributed by atoms with van der Waals surface area (Å²) in [5.74, 6) is 0. The van der Waals surface area contributed by atoms with E-state index in [1.165, 1.54) is 5.69 Å². The predicted molar refractivity (Wildman–Crippen MR) is 65.5 cm³/mol. The Kier molecular flexibility index (Phi) is 4.50. The zero-order valence-electron chi connectivity index (χ0n) is 10.7. The minimum Gasteiger partial charge on any atom is -0.394 e. The number of hydrogen-bond acceptors (Lipinski definition) is 3. The highest BCUT2D eigenvalue weighted by Crippen LogP contribution is 2.12. The molecule has 0 saturated carbocycles. The van der Waals surface area contributed by atoms with Crippen molar-refractivity contribution in [1.82, 2.24) is 15.1 Å². The van der Waals surface area contributed by atoms with Gasteiger partial charge in [-0.05, 0) is 46.7 Å². The number of aliphatic hydroxyl groups excluding tert-OH is 1. The Morgan fingerprint density at radius 2 is 2.19 bits per heavy atom. The molecule has 1 rings (SSSR count). The normalized spacial score (nSPS) is 15.1. The Morgan fingerprint density at radius 1 is 1.50 bits per heavy atom. The van der Waals surface area contributed by atoms with Gasteiger partial charge in [0.1, 0.15) is 0 Å². The van der Waals surface area contributed by atoms with Crippen LogP contribution in [0, 0.1) is 13.8 Å².